The zero-order chi connectivity index (χ0) is 14.5. The fourth-order valence-electron chi connectivity index (χ4n) is 1.80. The van der Waals surface area contributed by atoms with Gasteiger partial charge in [-0.25, -0.2) is 4.79 Å². The van der Waals surface area contributed by atoms with Crippen molar-refractivity contribution in [3.05, 3.63) is 47.4 Å². The van der Waals surface area contributed by atoms with Crippen molar-refractivity contribution in [2.45, 2.75) is 13.5 Å². The molecule has 0 spiro atoms. The summed E-state index contributed by atoms with van der Waals surface area (Å²) in [6.45, 7) is 1.98. The standard InChI is InChI=1S/C15H17NO4/c1-10-14(15(17)18-3)8-13(20-10)9-19-12-6-4-11(16-2)5-7-12/h4-8,16H,9H2,1-3H3. The van der Waals surface area contributed by atoms with Crippen LogP contribution in [-0.2, 0) is 11.3 Å². The Hall–Kier alpha value is -2.43. The number of benzene rings is 1. The molecule has 0 fully saturated rings. The quantitative estimate of drug-likeness (QED) is 0.850. The van der Waals surface area contributed by atoms with Crippen molar-refractivity contribution >= 4 is 11.7 Å². The van der Waals surface area contributed by atoms with Crippen LogP contribution in [0.2, 0.25) is 0 Å². The number of furan rings is 1. The number of aryl methyl sites for hydroxylation is 1. The zero-order valence-electron chi connectivity index (χ0n) is 11.7. The van der Waals surface area contributed by atoms with Gasteiger partial charge in [-0.3, -0.25) is 0 Å². The Kier molecular flexibility index (Phi) is 4.30. The Morgan fingerprint density at radius 2 is 2.00 bits per heavy atom. The van der Waals surface area contributed by atoms with Gasteiger partial charge in [-0.05, 0) is 37.3 Å². The highest BCUT2D eigenvalue weighted by Crippen LogP contribution is 2.19. The smallest absolute Gasteiger partial charge is 0.341 e. The maximum Gasteiger partial charge on any atom is 0.341 e. The molecule has 106 valence electrons. The lowest BCUT2D eigenvalue weighted by Crippen LogP contribution is -2.00. The molecule has 1 aromatic carbocycles. The number of nitrogens with one attached hydrogen (secondary N) is 1. The normalized spacial score (nSPS) is 10.2. The van der Waals surface area contributed by atoms with Crippen molar-refractivity contribution in [1.29, 1.82) is 0 Å². The SMILES string of the molecule is CNc1ccc(OCc2cc(C(=O)OC)c(C)o2)cc1. The molecule has 0 saturated heterocycles. The summed E-state index contributed by atoms with van der Waals surface area (Å²) in [5.41, 5.74) is 1.44. The third-order valence-corrected chi connectivity index (χ3v) is 2.90. The summed E-state index contributed by atoms with van der Waals surface area (Å²) < 4.78 is 15.7. The number of esters is 1. The average molecular weight is 275 g/mol. The van der Waals surface area contributed by atoms with Gasteiger partial charge in [0.1, 0.15) is 29.4 Å². The van der Waals surface area contributed by atoms with E-state index in [2.05, 4.69) is 10.1 Å². The van der Waals surface area contributed by atoms with Crippen molar-refractivity contribution in [1.82, 2.24) is 0 Å². The second kappa shape index (κ2) is 6.14. The Bertz CT molecular complexity index is 586. The highest BCUT2D eigenvalue weighted by atomic mass is 16.5. The minimum absolute atomic E-state index is 0.261. The molecule has 0 atom stereocenters. The minimum Gasteiger partial charge on any atom is -0.486 e. The summed E-state index contributed by atoms with van der Waals surface area (Å²) in [5, 5.41) is 3.03. The van der Waals surface area contributed by atoms with Gasteiger partial charge in [-0.15, -0.1) is 0 Å². The number of ether oxygens (including phenoxy) is 2. The number of hydrogen-bond acceptors (Lipinski definition) is 5. The second-order valence-corrected chi connectivity index (χ2v) is 4.24. The first kappa shape index (κ1) is 14.0. The number of anilines is 1. The Morgan fingerprint density at radius 3 is 2.60 bits per heavy atom. The third-order valence-electron chi connectivity index (χ3n) is 2.90. The predicted octanol–water partition coefficient (Wildman–Crippen LogP) is 3.00. The van der Waals surface area contributed by atoms with Gasteiger partial charge in [0.15, 0.2) is 0 Å². The van der Waals surface area contributed by atoms with E-state index in [1.54, 1.807) is 13.0 Å². The molecular weight excluding hydrogens is 258 g/mol. The molecule has 0 aliphatic carbocycles. The van der Waals surface area contributed by atoms with Gasteiger partial charge < -0.3 is 19.2 Å². The van der Waals surface area contributed by atoms with Crippen LogP contribution in [0.1, 0.15) is 21.9 Å². The van der Waals surface area contributed by atoms with Gasteiger partial charge in [0, 0.05) is 12.7 Å². The molecule has 20 heavy (non-hydrogen) atoms. The first-order chi connectivity index (χ1) is 9.63. The van der Waals surface area contributed by atoms with Crippen LogP contribution in [0.5, 0.6) is 5.75 Å². The molecule has 1 aromatic heterocycles. The fraction of sp³-hybridized carbons (Fsp3) is 0.267. The van der Waals surface area contributed by atoms with Crippen LogP contribution in [0.3, 0.4) is 0 Å². The molecule has 1 N–H and O–H groups in total. The zero-order valence-corrected chi connectivity index (χ0v) is 11.7. The first-order valence-electron chi connectivity index (χ1n) is 6.22. The molecule has 2 rings (SSSR count). The molecule has 2 aromatic rings. The van der Waals surface area contributed by atoms with Gasteiger partial charge in [0.25, 0.3) is 0 Å². The van der Waals surface area contributed by atoms with E-state index >= 15 is 0 Å². The van der Waals surface area contributed by atoms with Gasteiger partial charge in [-0.1, -0.05) is 0 Å². The van der Waals surface area contributed by atoms with E-state index in [0.717, 1.165) is 11.4 Å². The number of rotatable bonds is 5. The minimum atomic E-state index is -0.407. The fourth-order valence-corrected chi connectivity index (χ4v) is 1.80. The third kappa shape index (κ3) is 3.12. The number of hydrogen-bond donors (Lipinski definition) is 1. The Balaban J connectivity index is 2.01. The number of carbonyl (C=O) groups is 1. The van der Waals surface area contributed by atoms with E-state index < -0.39 is 5.97 Å². The van der Waals surface area contributed by atoms with E-state index in [-0.39, 0.29) is 6.61 Å². The number of carbonyl (C=O) groups excluding carboxylic acids is 1. The van der Waals surface area contributed by atoms with Crippen LogP contribution >= 0.6 is 0 Å². The summed E-state index contributed by atoms with van der Waals surface area (Å²) in [4.78, 5) is 11.5. The van der Waals surface area contributed by atoms with Crippen molar-refractivity contribution < 1.29 is 18.7 Å². The van der Waals surface area contributed by atoms with E-state index in [9.17, 15) is 4.79 Å². The van der Waals surface area contributed by atoms with Crippen LogP contribution in [0.25, 0.3) is 0 Å². The van der Waals surface area contributed by atoms with Gasteiger partial charge in [0.05, 0.1) is 7.11 Å². The van der Waals surface area contributed by atoms with E-state index in [4.69, 9.17) is 9.15 Å². The van der Waals surface area contributed by atoms with E-state index in [1.165, 1.54) is 7.11 Å². The molecule has 0 radical (unpaired) electrons. The van der Waals surface area contributed by atoms with Gasteiger partial charge in [0.2, 0.25) is 0 Å². The Morgan fingerprint density at radius 1 is 1.30 bits per heavy atom. The Labute approximate surface area is 117 Å². The van der Waals surface area contributed by atoms with E-state index in [0.29, 0.717) is 17.1 Å². The van der Waals surface area contributed by atoms with Crippen LogP contribution < -0.4 is 10.1 Å². The highest BCUT2D eigenvalue weighted by Gasteiger charge is 2.15. The van der Waals surface area contributed by atoms with E-state index in [1.807, 2.05) is 31.3 Å². The molecule has 0 bridgehead atoms. The first-order valence-corrected chi connectivity index (χ1v) is 6.22. The maximum atomic E-state index is 11.5. The summed E-state index contributed by atoms with van der Waals surface area (Å²) >= 11 is 0. The molecule has 0 aliphatic rings. The molecule has 5 heteroatoms. The van der Waals surface area contributed by atoms with Crippen molar-refractivity contribution in [3.8, 4) is 5.75 Å². The molecule has 1 heterocycles. The molecule has 0 aliphatic heterocycles. The molecule has 0 saturated carbocycles. The molecule has 0 amide bonds. The molecule has 0 unspecified atom stereocenters. The van der Waals surface area contributed by atoms with Crippen LogP contribution in [0.15, 0.2) is 34.7 Å². The lowest BCUT2D eigenvalue weighted by atomic mass is 10.2. The van der Waals surface area contributed by atoms with Crippen molar-refractivity contribution in [2.24, 2.45) is 0 Å². The lowest BCUT2D eigenvalue weighted by molar-refractivity contribution is 0.0599. The highest BCUT2D eigenvalue weighted by molar-refractivity contribution is 5.90. The largest absolute Gasteiger partial charge is 0.486 e. The monoisotopic (exact) mass is 275 g/mol. The summed E-state index contributed by atoms with van der Waals surface area (Å²) in [7, 11) is 3.20. The van der Waals surface area contributed by atoms with Gasteiger partial charge >= 0.3 is 5.97 Å². The van der Waals surface area contributed by atoms with Crippen LogP contribution in [-0.4, -0.2) is 20.1 Å². The molecular formula is C15H17NO4. The van der Waals surface area contributed by atoms with Crippen LogP contribution in [0.4, 0.5) is 5.69 Å². The summed E-state index contributed by atoms with van der Waals surface area (Å²) in [5.74, 6) is 1.44. The number of methoxy groups -OCH3 is 1. The molecule has 5 nitrogen and oxygen atoms in total. The summed E-state index contributed by atoms with van der Waals surface area (Å²) in [6, 6.07) is 9.21. The van der Waals surface area contributed by atoms with Crippen molar-refractivity contribution in [3.63, 3.8) is 0 Å². The predicted molar refractivity (Wildman–Crippen MR) is 75.1 cm³/mol. The topological polar surface area (TPSA) is 60.7 Å². The van der Waals surface area contributed by atoms with Crippen molar-refractivity contribution in [2.75, 3.05) is 19.5 Å². The van der Waals surface area contributed by atoms with Gasteiger partial charge in [-0.2, -0.15) is 0 Å². The summed E-state index contributed by atoms with van der Waals surface area (Å²) in [6.07, 6.45) is 0. The lowest BCUT2D eigenvalue weighted by Gasteiger charge is -2.05. The second-order valence-electron chi connectivity index (χ2n) is 4.24. The maximum absolute atomic E-state index is 11.5. The average Bonchev–Trinajstić information content (AvgIpc) is 2.86. The van der Waals surface area contributed by atoms with Crippen LogP contribution in [0, 0.1) is 6.92 Å².